The number of pyridine rings is 1. The molecule has 0 saturated carbocycles. The predicted octanol–water partition coefficient (Wildman–Crippen LogP) is 4.16. The summed E-state index contributed by atoms with van der Waals surface area (Å²) in [5.41, 5.74) is 6.31. The molecule has 0 fully saturated rings. The number of nitrogens with zero attached hydrogens (tertiary/aromatic N) is 1. The molecule has 1 aromatic heterocycles. The molecule has 7 heteroatoms. The lowest BCUT2D eigenvalue weighted by molar-refractivity contribution is 0.0527. The summed E-state index contributed by atoms with van der Waals surface area (Å²) in [5, 5.41) is 0. The highest BCUT2D eigenvalue weighted by Crippen LogP contribution is 2.34. The number of hydrogen-bond acceptors (Lipinski definition) is 5. The summed E-state index contributed by atoms with van der Waals surface area (Å²) in [6.07, 6.45) is 1.45. The van der Waals surface area contributed by atoms with E-state index in [0.29, 0.717) is 5.75 Å². The number of nitrogen functional groups attached to an aromatic ring is 1. The second-order valence-corrected chi connectivity index (χ2v) is 5.74. The second kappa shape index (κ2) is 6.91. The van der Waals surface area contributed by atoms with Crippen molar-refractivity contribution in [2.75, 3.05) is 12.3 Å². The zero-order chi connectivity index (χ0) is 15.4. The lowest BCUT2D eigenvalue weighted by atomic mass is 10.2. The summed E-state index contributed by atoms with van der Waals surface area (Å²) in [6.45, 7) is 2.00. The summed E-state index contributed by atoms with van der Waals surface area (Å²) >= 11 is 6.74. The Bertz CT molecular complexity index is 677. The van der Waals surface area contributed by atoms with Crippen molar-refractivity contribution < 1.29 is 14.3 Å². The molecule has 0 bridgehead atoms. The largest absolute Gasteiger partial charge is 0.462 e. The summed E-state index contributed by atoms with van der Waals surface area (Å²) in [4.78, 5) is 15.8. The van der Waals surface area contributed by atoms with Gasteiger partial charge in [-0.3, -0.25) is 0 Å². The van der Waals surface area contributed by atoms with Crippen LogP contribution in [0.3, 0.4) is 0 Å². The zero-order valence-electron chi connectivity index (χ0n) is 11.1. The number of hydrogen-bond donors (Lipinski definition) is 1. The number of anilines is 1. The van der Waals surface area contributed by atoms with Crippen molar-refractivity contribution in [3.05, 3.63) is 45.0 Å². The highest BCUT2D eigenvalue weighted by Gasteiger charge is 2.16. The smallest absolute Gasteiger partial charge is 0.340 e. The van der Waals surface area contributed by atoms with Gasteiger partial charge in [0, 0.05) is 10.7 Å². The Balaban J connectivity index is 2.32. The average molecular weight is 416 g/mol. The van der Waals surface area contributed by atoms with Gasteiger partial charge in [0.25, 0.3) is 0 Å². The Morgan fingerprint density at radius 2 is 2.10 bits per heavy atom. The molecule has 0 aliphatic heterocycles. The molecule has 0 aliphatic carbocycles. The predicted molar refractivity (Wildman–Crippen MR) is 86.5 cm³/mol. The van der Waals surface area contributed by atoms with Gasteiger partial charge in [0.05, 0.1) is 16.6 Å². The quantitative estimate of drug-likeness (QED) is 0.759. The van der Waals surface area contributed by atoms with Crippen LogP contribution in [0.4, 0.5) is 5.69 Å². The van der Waals surface area contributed by atoms with Crippen LogP contribution in [0.15, 0.2) is 39.4 Å². The van der Waals surface area contributed by atoms with E-state index in [-0.39, 0.29) is 23.7 Å². The molecule has 0 amide bonds. The fourth-order valence-electron chi connectivity index (χ4n) is 1.58. The maximum absolute atomic E-state index is 11.8. The molecule has 5 nitrogen and oxygen atoms in total. The highest BCUT2D eigenvalue weighted by atomic mass is 79.9. The van der Waals surface area contributed by atoms with Crippen molar-refractivity contribution in [1.82, 2.24) is 4.98 Å². The van der Waals surface area contributed by atoms with E-state index in [2.05, 4.69) is 36.8 Å². The molecular formula is C14H12Br2N2O3. The molecule has 2 N–H and O–H groups in total. The van der Waals surface area contributed by atoms with E-state index in [1.165, 1.54) is 12.3 Å². The topological polar surface area (TPSA) is 74.4 Å². The molecule has 1 aromatic carbocycles. The Hall–Kier alpha value is -1.60. The molecule has 0 saturated heterocycles. The number of aromatic nitrogens is 1. The molecule has 0 spiro atoms. The first kappa shape index (κ1) is 15.8. The van der Waals surface area contributed by atoms with Crippen LogP contribution < -0.4 is 10.5 Å². The summed E-state index contributed by atoms with van der Waals surface area (Å²) in [7, 11) is 0. The Morgan fingerprint density at radius 3 is 2.76 bits per heavy atom. The van der Waals surface area contributed by atoms with E-state index in [1.54, 1.807) is 13.0 Å². The van der Waals surface area contributed by atoms with Gasteiger partial charge in [-0.2, -0.15) is 0 Å². The van der Waals surface area contributed by atoms with E-state index >= 15 is 0 Å². The van der Waals surface area contributed by atoms with Gasteiger partial charge in [-0.05, 0) is 47.1 Å². The molecule has 21 heavy (non-hydrogen) atoms. The molecule has 2 aromatic rings. The number of benzene rings is 1. The van der Waals surface area contributed by atoms with Crippen LogP contribution in [-0.2, 0) is 4.74 Å². The molecule has 110 valence electrons. The first-order valence-electron chi connectivity index (χ1n) is 6.07. The van der Waals surface area contributed by atoms with Crippen molar-refractivity contribution in [1.29, 1.82) is 0 Å². The third-order valence-corrected chi connectivity index (χ3v) is 3.66. The lowest BCUT2D eigenvalue weighted by Gasteiger charge is -2.11. The van der Waals surface area contributed by atoms with E-state index in [0.717, 1.165) is 8.95 Å². The van der Waals surface area contributed by atoms with Gasteiger partial charge in [-0.15, -0.1) is 0 Å². The third-order valence-electron chi connectivity index (χ3n) is 2.55. The van der Waals surface area contributed by atoms with Crippen LogP contribution in [0, 0.1) is 0 Å². The number of nitrogens with two attached hydrogens (primary N) is 1. The van der Waals surface area contributed by atoms with Crippen LogP contribution in [0.25, 0.3) is 0 Å². The number of halogens is 2. The molecule has 1 heterocycles. The summed E-state index contributed by atoms with van der Waals surface area (Å²) in [5.74, 6) is 0.194. The van der Waals surface area contributed by atoms with E-state index in [4.69, 9.17) is 15.2 Å². The van der Waals surface area contributed by atoms with Gasteiger partial charge < -0.3 is 15.2 Å². The fraction of sp³-hybridized carbons (Fsp3) is 0.143. The molecule has 0 aliphatic rings. The van der Waals surface area contributed by atoms with Crippen LogP contribution >= 0.6 is 31.9 Å². The Labute approximate surface area is 138 Å². The van der Waals surface area contributed by atoms with Crippen LogP contribution in [-0.4, -0.2) is 17.6 Å². The number of esters is 1. The average Bonchev–Trinajstić information content (AvgIpc) is 2.44. The van der Waals surface area contributed by atoms with Crippen molar-refractivity contribution in [3.8, 4) is 11.6 Å². The van der Waals surface area contributed by atoms with E-state index in [1.807, 2.05) is 12.1 Å². The molecule has 0 atom stereocenters. The number of carbonyl (C=O) groups is 1. The standard InChI is InChI=1S/C14H12Br2N2O3/c1-2-20-14(19)9-5-6-18-13(12(9)17)21-11-4-3-8(15)7-10(11)16/h3-7H,2,17H2,1H3. The maximum atomic E-state index is 11.8. The first-order valence-corrected chi connectivity index (χ1v) is 7.66. The minimum atomic E-state index is -0.503. The lowest BCUT2D eigenvalue weighted by Crippen LogP contribution is -2.09. The number of ether oxygens (including phenoxy) is 2. The summed E-state index contributed by atoms with van der Waals surface area (Å²) < 4.78 is 12.2. The first-order chi connectivity index (χ1) is 10.0. The van der Waals surface area contributed by atoms with Gasteiger partial charge in [0.1, 0.15) is 11.4 Å². The van der Waals surface area contributed by atoms with Gasteiger partial charge in [0.2, 0.25) is 5.88 Å². The monoisotopic (exact) mass is 414 g/mol. The van der Waals surface area contributed by atoms with Crippen molar-refractivity contribution in [2.45, 2.75) is 6.92 Å². The van der Waals surface area contributed by atoms with Gasteiger partial charge in [-0.25, -0.2) is 9.78 Å². The Morgan fingerprint density at radius 1 is 1.33 bits per heavy atom. The van der Waals surface area contributed by atoms with E-state index in [9.17, 15) is 4.79 Å². The van der Waals surface area contributed by atoms with Gasteiger partial charge in [0.15, 0.2) is 0 Å². The van der Waals surface area contributed by atoms with Crippen molar-refractivity contribution >= 4 is 43.5 Å². The van der Waals surface area contributed by atoms with Crippen molar-refractivity contribution in [3.63, 3.8) is 0 Å². The maximum Gasteiger partial charge on any atom is 0.340 e. The van der Waals surface area contributed by atoms with Gasteiger partial charge in [-0.1, -0.05) is 15.9 Å². The fourth-order valence-corrected chi connectivity index (χ4v) is 2.71. The molecule has 0 unspecified atom stereocenters. The number of carbonyl (C=O) groups excluding carboxylic acids is 1. The minimum absolute atomic E-state index is 0.144. The molecule has 0 radical (unpaired) electrons. The third kappa shape index (κ3) is 3.74. The second-order valence-electron chi connectivity index (χ2n) is 3.97. The van der Waals surface area contributed by atoms with E-state index < -0.39 is 5.97 Å². The highest BCUT2D eigenvalue weighted by molar-refractivity contribution is 9.11. The summed E-state index contributed by atoms with van der Waals surface area (Å²) in [6, 6.07) is 6.91. The number of rotatable bonds is 4. The normalized spacial score (nSPS) is 10.2. The Kier molecular flexibility index (Phi) is 5.19. The van der Waals surface area contributed by atoms with Crippen molar-refractivity contribution in [2.24, 2.45) is 0 Å². The molecule has 2 rings (SSSR count). The van der Waals surface area contributed by atoms with Gasteiger partial charge >= 0.3 is 5.97 Å². The van der Waals surface area contributed by atoms with Crippen LogP contribution in [0.2, 0.25) is 0 Å². The van der Waals surface area contributed by atoms with Crippen LogP contribution in [0.1, 0.15) is 17.3 Å². The molecular weight excluding hydrogens is 404 g/mol. The minimum Gasteiger partial charge on any atom is -0.462 e. The zero-order valence-corrected chi connectivity index (χ0v) is 14.3. The SMILES string of the molecule is CCOC(=O)c1ccnc(Oc2ccc(Br)cc2Br)c1N. The van der Waals surface area contributed by atoms with Crippen LogP contribution in [0.5, 0.6) is 11.6 Å².